The van der Waals surface area contributed by atoms with E-state index in [0.29, 0.717) is 6.04 Å². The normalized spacial score (nSPS) is 14.2. The van der Waals surface area contributed by atoms with Crippen molar-refractivity contribution in [2.24, 2.45) is 5.92 Å². The van der Waals surface area contributed by atoms with Crippen molar-refractivity contribution in [3.05, 3.63) is 29.8 Å². The third-order valence-corrected chi connectivity index (χ3v) is 3.86. The summed E-state index contributed by atoms with van der Waals surface area (Å²) in [6.45, 7) is 14.5. The maximum absolute atomic E-state index is 3.52. The van der Waals surface area contributed by atoms with Gasteiger partial charge in [0.2, 0.25) is 0 Å². The summed E-state index contributed by atoms with van der Waals surface area (Å²) in [5.74, 6) is 0.738. The third-order valence-electron chi connectivity index (χ3n) is 3.86. The van der Waals surface area contributed by atoms with E-state index in [0.717, 1.165) is 25.6 Å². The zero-order valence-corrected chi connectivity index (χ0v) is 13.2. The lowest BCUT2D eigenvalue weighted by Gasteiger charge is -2.30. The summed E-state index contributed by atoms with van der Waals surface area (Å²) in [6, 6.07) is 9.21. The molecule has 2 atom stereocenters. The lowest BCUT2D eigenvalue weighted by molar-refractivity contribution is 0.542. The second-order valence-electron chi connectivity index (χ2n) is 5.39. The second kappa shape index (κ2) is 8.21. The van der Waals surface area contributed by atoms with Gasteiger partial charge >= 0.3 is 0 Å². The SMILES string of the molecule is CCNC(C)c1ccccc1N(CC)CC(C)CC. The highest BCUT2D eigenvalue weighted by atomic mass is 15.1. The topological polar surface area (TPSA) is 15.3 Å². The molecular weight excluding hydrogens is 232 g/mol. The molecule has 0 aliphatic carbocycles. The molecule has 19 heavy (non-hydrogen) atoms. The molecule has 0 bridgehead atoms. The monoisotopic (exact) mass is 262 g/mol. The van der Waals surface area contributed by atoms with Crippen LogP contribution in [0.25, 0.3) is 0 Å². The molecule has 0 radical (unpaired) electrons. The van der Waals surface area contributed by atoms with Crippen LogP contribution in [-0.4, -0.2) is 19.6 Å². The van der Waals surface area contributed by atoms with Crippen molar-refractivity contribution >= 4 is 5.69 Å². The van der Waals surface area contributed by atoms with E-state index in [1.807, 2.05) is 0 Å². The van der Waals surface area contributed by atoms with Crippen LogP contribution in [0.1, 0.15) is 52.6 Å². The van der Waals surface area contributed by atoms with Crippen LogP contribution in [0.5, 0.6) is 0 Å². The predicted octanol–water partition coefficient (Wildman–Crippen LogP) is 4.23. The van der Waals surface area contributed by atoms with Gasteiger partial charge in [-0.25, -0.2) is 0 Å². The Labute approximate surface area is 119 Å². The summed E-state index contributed by atoms with van der Waals surface area (Å²) in [5.41, 5.74) is 2.80. The zero-order chi connectivity index (χ0) is 14.3. The lowest BCUT2D eigenvalue weighted by atomic mass is 10.0. The van der Waals surface area contributed by atoms with Crippen LogP contribution >= 0.6 is 0 Å². The van der Waals surface area contributed by atoms with Gasteiger partial charge in [0.1, 0.15) is 0 Å². The number of hydrogen-bond donors (Lipinski definition) is 1. The Morgan fingerprint density at radius 2 is 1.79 bits per heavy atom. The Balaban J connectivity index is 2.96. The molecule has 1 N–H and O–H groups in total. The van der Waals surface area contributed by atoms with Crippen molar-refractivity contribution < 1.29 is 0 Å². The highest BCUT2D eigenvalue weighted by molar-refractivity contribution is 5.55. The largest absolute Gasteiger partial charge is 0.371 e. The molecule has 2 heteroatoms. The van der Waals surface area contributed by atoms with Crippen LogP contribution in [0, 0.1) is 5.92 Å². The maximum atomic E-state index is 3.52. The van der Waals surface area contributed by atoms with Gasteiger partial charge in [-0.3, -0.25) is 0 Å². The quantitative estimate of drug-likeness (QED) is 0.754. The Bertz CT molecular complexity index is 362. The van der Waals surface area contributed by atoms with E-state index < -0.39 is 0 Å². The number of para-hydroxylation sites is 1. The van der Waals surface area contributed by atoms with Crippen LogP contribution in [0.4, 0.5) is 5.69 Å². The smallest absolute Gasteiger partial charge is 0.0414 e. The molecule has 2 nitrogen and oxygen atoms in total. The van der Waals surface area contributed by atoms with Crippen molar-refractivity contribution in [1.82, 2.24) is 5.32 Å². The number of nitrogens with zero attached hydrogens (tertiary/aromatic N) is 1. The standard InChI is InChI=1S/C17H30N2/c1-6-14(4)13-19(8-3)17-12-10-9-11-16(17)15(5)18-7-2/h9-12,14-15,18H,6-8,13H2,1-5H3. The number of rotatable bonds is 8. The molecule has 1 aromatic rings. The lowest BCUT2D eigenvalue weighted by Crippen LogP contribution is -2.30. The summed E-state index contributed by atoms with van der Waals surface area (Å²) < 4.78 is 0. The van der Waals surface area contributed by atoms with Crippen molar-refractivity contribution in [2.75, 3.05) is 24.5 Å². The van der Waals surface area contributed by atoms with Crippen LogP contribution in [0.2, 0.25) is 0 Å². The molecule has 1 aromatic carbocycles. The summed E-state index contributed by atoms with van der Waals surface area (Å²) in [4.78, 5) is 2.51. The van der Waals surface area contributed by atoms with E-state index >= 15 is 0 Å². The Kier molecular flexibility index (Phi) is 6.93. The zero-order valence-electron chi connectivity index (χ0n) is 13.2. The van der Waals surface area contributed by atoms with Gasteiger partial charge < -0.3 is 10.2 Å². The molecule has 0 amide bonds. The Morgan fingerprint density at radius 1 is 1.11 bits per heavy atom. The highest BCUT2D eigenvalue weighted by Crippen LogP contribution is 2.27. The van der Waals surface area contributed by atoms with E-state index in [4.69, 9.17) is 0 Å². The van der Waals surface area contributed by atoms with Gasteiger partial charge in [0.05, 0.1) is 0 Å². The second-order valence-corrected chi connectivity index (χ2v) is 5.39. The first-order valence-corrected chi connectivity index (χ1v) is 7.71. The van der Waals surface area contributed by atoms with E-state index in [1.165, 1.54) is 17.7 Å². The Morgan fingerprint density at radius 3 is 2.37 bits per heavy atom. The third kappa shape index (κ3) is 4.54. The first-order valence-electron chi connectivity index (χ1n) is 7.71. The first kappa shape index (κ1) is 16.0. The number of nitrogens with one attached hydrogen (secondary N) is 1. The van der Waals surface area contributed by atoms with Gasteiger partial charge in [0, 0.05) is 24.8 Å². The predicted molar refractivity (Wildman–Crippen MR) is 85.9 cm³/mol. The average Bonchev–Trinajstić information content (AvgIpc) is 2.44. The molecule has 2 unspecified atom stereocenters. The van der Waals surface area contributed by atoms with Gasteiger partial charge in [0.15, 0.2) is 0 Å². The maximum Gasteiger partial charge on any atom is 0.0414 e. The molecular formula is C17H30N2. The minimum atomic E-state index is 0.409. The van der Waals surface area contributed by atoms with Crippen LogP contribution in [0.3, 0.4) is 0 Å². The summed E-state index contributed by atoms with van der Waals surface area (Å²) in [7, 11) is 0. The molecule has 0 aromatic heterocycles. The molecule has 108 valence electrons. The fourth-order valence-corrected chi connectivity index (χ4v) is 2.46. The minimum absolute atomic E-state index is 0.409. The average molecular weight is 262 g/mol. The fraction of sp³-hybridized carbons (Fsp3) is 0.647. The molecule has 1 rings (SSSR count). The Hall–Kier alpha value is -1.02. The molecule has 0 aliphatic heterocycles. The van der Waals surface area contributed by atoms with Crippen molar-refractivity contribution in [3.8, 4) is 0 Å². The number of benzene rings is 1. The van der Waals surface area contributed by atoms with E-state index in [1.54, 1.807) is 0 Å². The molecule has 0 saturated heterocycles. The van der Waals surface area contributed by atoms with E-state index in [2.05, 4.69) is 69.1 Å². The van der Waals surface area contributed by atoms with Gasteiger partial charge in [-0.15, -0.1) is 0 Å². The highest BCUT2D eigenvalue weighted by Gasteiger charge is 2.15. The van der Waals surface area contributed by atoms with Crippen molar-refractivity contribution in [3.63, 3.8) is 0 Å². The number of hydrogen-bond acceptors (Lipinski definition) is 2. The molecule has 0 heterocycles. The molecule has 0 spiro atoms. The number of anilines is 1. The summed E-state index contributed by atoms with van der Waals surface area (Å²) >= 11 is 0. The van der Waals surface area contributed by atoms with E-state index in [9.17, 15) is 0 Å². The van der Waals surface area contributed by atoms with E-state index in [-0.39, 0.29) is 0 Å². The van der Waals surface area contributed by atoms with Crippen molar-refractivity contribution in [1.29, 1.82) is 0 Å². The fourth-order valence-electron chi connectivity index (χ4n) is 2.46. The van der Waals surface area contributed by atoms with Gasteiger partial charge in [-0.05, 0) is 37.9 Å². The summed E-state index contributed by atoms with van der Waals surface area (Å²) in [6.07, 6.45) is 1.24. The molecule has 0 saturated carbocycles. The summed E-state index contributed by atoms with van der Waals surface area (Å²) in [5, 5.41) is 3.52. The van der Waals surface area contributed by atoms with Crippen LogP contribution in [-0.2, 0) is 0 Å². The molecule has 0 fully saturated rings. The molecule has 0 aliphatic rings. The van der Waals surface area contributed by atoms with Gasteiger partial charge in [-0.1, -0.05) is 45.4 Å². The van der Waals surface area contributed by atoms with Crippen LogP contribution < -0.4 is 10.2 Å². The van der Waals surface area contributed by atoms with Crippen molar-refractivity contribution in [2.45, 2.75) is 47.1 Å². The minimum Gasteiger partial charge on any atom is -0.371 e. The van der Waals surface area contributed by atoms with Crippen LogP contribution in [0.15, 0.2) is 24.3 Å². The van der Waals surface area contributed by atoms with Gasteiger partial charge in [-0.2, -0.15) is 0 Å². The first-order chi connectivity index (χ1) is 9.13. The van der Waals surface area contributed by atoms with Gasteiger partial charge in [0.25, 0.3) is 0 Å².